The van der Waals surface area contributed by atoms with Crippen molar-refractivity contribution in [3.63, 3.8) is 0 Å². The van der Waals surface area contributed by atoms with Gasteiger partial charge in [0, 0.05) is 0 Å². The lowest BCUT2D eigenvalue weighted by Crippen LogP contribution is -2.60. The van der Waals surface area contributed by atoms with Crippen LogP contribution in [0, 0.1) is 5.92 Å². The van der Waals surface area contributed by atoms with Gasteiger partial charge >= 0.3 is 6.18 Å². The van der Waals surface area contributed by atoms with E-state index in [1.165, 1.54) is 12.1 Å². The number of halogens is 3. The molecule has 1 saturated heterocycles. The number of alkyl halides is 3. The summed E-state index contributed by atoms with van der Waals surface area (Å²) in [6, 6.07) is 4.24. The average molecular weight is 355 g/mol. The third-order valence-electron chi connectivity index (χ3n) is 4.92. The van der Waals surface area contributed by atoms with E-state index in [2.05, 4.69) is 16.0 Å². The molecular weight excluding hydrogens is 335 g/mol. The first-order valence-electron chi connectivity index (χ1n) is 8.17. The van der Waals surface area contributed by atoms with Crippen LogP contribution in [0.25, 0.3) is 0 Å². The maximum atomic E-state index is 12.7. The Morgan fingerprint density at radius 3 is 2.32 bits per heavy atom. The monoisotopic (exact) mass is 355 g/mol. The third-order valence-corrected chi connectivity index (χ3v) is 4.92. The Bertz CT molecular complexity index is 689. The van der Waals surface area contributed by atoms with Gasteiger partial charge in [-0.2, -0.15) is 13.2 Å². The number of nitrogens with one attached hydrogen (secondary N) is 3. The van der Waals surface area contributed by atoms with E-state index in [1.807, 2.05) is 6.92 Å². The molecule has 8 heteroatoms. The van der Waals surface area contributed by atoms with Crippen molar-refractivity contribution >= 4 is 11.8 Å². The van der Waals surface area contributed by atoms with Crippen molar-refractivity contribution in [1.82, 2.24) is 16.0 Å². The number of amides is 2. The van der Waals surface area contributed by atoms with Crippen LogP contribution in [0.5, 0.6) is 0 Å². The fourth-order valence-electron chi connectivity index (χ4n) is 3.39. The fraction of sp³-hybridized carbons (Fsp3) is 0.529. The van der Waals surface area contributed by atoms with Crippen molar-refractivity contribution < 1.29 is 22.8 Å². The molecule has 3 N–H and O–H groups in total. The van der Waals surface area contributed by atoms with Gasteiger partial charge in [-0.1, -0.05) is 19.1 Å². The maximum Gasteiger partial charge on any atom is 0.416 e. The molecule has 136 valence electrons. The Labute approximate surface area is 143 Å². The van der Waals surface area contributed by atoms with Crippen molar-refractivity contribution in [3.8, 4) is 0 Å². The van der Waals surface area contributed by atoms with Gasteiger partial charge in [-0.15, -0.1) is 0 Å². The van der Waals surface area contributed by atoms with Gasteiger partial charge in [0.05, 0.1) is 29.7 Å². The lowest BCUT2D eigenvalue weighted by atomic mass is 9.99. The number of hydrogen-bond acceptors (Lipinski definition) is 3. The highest BCUT2D eigenvalue weighted by Gasteiger charge is 2.54. The van der Waals surface area contributed by atoms with Crippen LogP contribution in [-0.4, -0.2) is 24.0 Å². The van der Waals surface area contributed by atoms with Crippen molar-refractivity contribution in [3.05, 3.63) is 35.4 Å². The molecule has 1 heterocycles. The van der Waals surface area contributed by atoms with Gasteiger partial charge in [0.2, 0.25) is 11.8 Å². The molecule has 1 aromatic carbocycles. The first kappa shape index (κ1) is 17.7. The van der Waals surface area contributed by atoms with Crippen LogP contribution >= 0.6 is 0 Å². The highest BCUT2D eigenvalue weighted by Crippen LogP contribution is 2.52. The molecule has 1 aliphatic carbocycles. The summed E-state index contributed by atoms with van der Waals surface area (Å²) in [4.78, 5) is 24.2. The van der Waals surface area contributed by atoms with E-state index >= 15 is 0 Å². The molecule has 5 nitrogen and oxygen atoms in total. The van der Waals surface area contributed by atoms with Crippen LogP contribution < -0.4 is 16.0 Å². The number of hydrogen-bond donors (Lipinski definition) is 3. The van der Waals surface area contributed by atoms with Crippen molar-refractivity contribution in [1.29, 1.82) is 0 Å². The Kier molecular flexibility index (Phi) is 4.26. The number of carbonyl (C=O) groups is 2. The molecule has 2 aliphatic rings. The van der Waals surface area contributed by atoms with Gasteiger partial charge in [-0.25, -0.2) is 0 Å². The summed E-state index contributed by atoms with van der Waals surface area (Å²) in [6.45, 7) is 3.67. The molecule has 2 fully saturated rings. The van der Waals surface area contributed by atoms with Gasteiger partial charge in [-0.05, 0) is 37.0 Å². The van der Waals surface area contributed by atoms with Crippen LogP contribution in [0.3, 0.4) is 0 Å². The lowest BCUT2D eigenvalue weighted by molar-refractivity contribution is -0.137. The summed E-state index contributed by atoms with van der Waals surface area (Å²) in [6.07, 6.45) is -4.01. The zero-order valence-electron chi connectivity index (χ0n) is 13.9. The van der Waals surface area contributed by atoms with Crippen LogP contribution in [0.1, 0.15) is 37.8 Å². The molecule has 4 atom stereocenters. The van der Waals surface area contributed by atoms with Crippen LogP contribution in [-0.2, 0) is 21.3 Å². The minimum Gasteiger partial charge on any atom is -0.345 e. The Hall–Kier alpha value is -2.09. The molecule has 1 aliphatic heterocycles. The highest BCUT2D eigenvalue weighted by atomic mass is 19.4. The van der Waals surface area contributed by atoms with Gasteiger partial charge in [0.1, 0.15) is 0 Å². The standard InChI is InChI=1S/C17H20F3N3O2/c1-9-8-16(9,11-3-5-12(6-4-11)17(18,19)20)23-15(25)13-7-14(24)22-10(2)21-13/h3-6,9-10,13,21H,7-8H2,1-2H3,(H,22,24)(H,23,25)/t9-,10?,13?,16+/m0/s1. The van der Waals surface area contributed by atoms with Gasteiger partial charge in [0.25, 0.3) is 0 Å². The summed E-state index contributed by atoms with van der Waals surface area (Å²) in [5, 5.41) is 8.61. The predicted octanol–water partition coefficient (Wildman–Crippen LogP) is 1.88. The third kappa shape index (κ3) is 3.49. The van der Waals surface area contributed by atoms with Gasteiger partial charge in [-0.3, -0.25) is 14.9 Å². The second-order valence-corrected chi connectivity index (χ2v) is 6.85. The fourth-order valence-corrected chi connectivity index (χ4v) is 3.39. The van der Waals surface area contributed by atoms with E-state index in [0.717, 1.165) is 12.1 Å². The smallest absolute Gasteiger partial charge is 0.345 e. The minimum atomic E-state index is -4.39. The summed E-state index contributed by atoms with van der Waals surface area (Å²) in [5.41, 5.74) is -0.736. The predicted molar refractivity (Wildman–Crippen MR) is 84.2 cm³/mol. The number of carbonyl (C=O) groups excluding carboxylic acids is 2. The highest BCUT2D eigenvalue weighted by molar-refractivity contribution is 5.90. The summed E-state index contributed by atoms with van der Waals surface area (Å²) in [5.74, 6) is -0.409. The van der Waals surface area contributed by atoms with Crippen molar-refractivity contribution in [2.24, 2.45) is 5.92 Å². The average Bonchev–Trinajstić information content (AvgIpc) is 3.16. The van der Waals surface area contributed by atoms with Crippen LogP contribution in [0.4, 0.5) is 13.2 Å². The largest absolute Gasteiger partial charge is 0.416 e. The Morgan fingerprint density at radius 2 is 1.84 bits per heavy atom. The molecule has 25 heavy (non-hydrogen) atoms. The van der Waals surface area contributed by atoms with E-state index in [1.54, 1.807) is 6.92 Å². The second kappa shape index (κ2) is 6.01. The summed E-state index contributed by atoms with van der Waals surface area (Å²) in [7, 11) is 0. The van der Waals surface area contributed by atoms with Crippen LogP contribution in [0.15, 0.2) is 24.3 Å². The zero-order chi connectivity index (χ0) is 18.4. The lowest BCUT2D eigenvalue weighted by Gasteiger charge is -2.30. The molecule has 2 unspecified atom stereocenters. The van der Waals surface area contributed by atoms with Crippen LogP contribution in [0.2, 0.25) is 0 Å². The first-order chi connectivity index (χ1) is 11.6. The molecule has 3 rings (SSSR count). The molecule has 0 aromatic heterocycles. The molecule has 1 saturated carbocycles. The number of rotatable bonds is 3. The molecule has 0 radical (unpaired) electrons. The maximum absolute atomic E-state index is 12.7. The van der Waals surface area contributed by atoms with E-state index in [9.17, 15) is 22.8 Å². The van der Waals surface area contributed by atoms with Crippen molar-refractivity contribution in [2.75, 3.05) is 0 Å². The molecule has 2 amide bonds. The SMILES string of the molecule is CC1NC(=O)CC(C(=O)N[C@]2(c3ccc(C(F)(F)F)cc3)C[C@@H]2C)N1. The zero-order valence-corrected chi connectivity index (χ0v) is 13.9. The Morgan fingerprint density at radius 1 is 1.24 bits per heavy atom. The molecular formula is C17H20F3N3O2. The normalized spacial score (nSPS) is 32.0. The number of benzene rings is 1. The quantitative estimate of drug-likeness (QED) is 0.775. The minimum absolute atomic E-state index is 0.0354. The molecule has 0 bridgehead atoms. The topological polar surface area (TPSA) is 70.2 Å². The van der Waals surface area contributed by atoms with E-state index in [4.69, 9.17) is 0 Å². The van der Waals surface area contributed by atoms with Crippen molar-refractivity contribution in [2.45, 2.75) is 50.6 Å². The van der Waals surface area contributed by atoms with E-state index in [0.29, 0.717) is 12.0 Å². The Balaban J connectivity index is 1.75. The summed E-state index contributed by atoms with van der Waals surface area (Å²) < 4.78 is 38.2. The van der Waals surface area contributed by atoms with Gasteiger partial charge in [0.15, 0.2) is 0 Å². The second-order valence-electron chi connectivity index (χ2n) is 6.85. The van der Waals surface area contributed by atoms with E-state index in [-0.39, 0.29) is 30.3 Å². The molecule has 0 spiro atoms. The van der Waals surface area contributed by atoms with E-state index < -0.39 is 23.3 Å². The van der Waals surface area contributed by atoms with Gasteiger partial charge < -0.3 is 10.6 Å². The first-order valence-corrected chi connectivity index (χ1v) is 8.17. The molecule has 1 aromatic rings. The summed E-state index contributed by atoms with van der Waals surface area (Å²) >= 11 is 0.